The number of rotatable bonds is 6. The highest BCUT2D eigenvalue weighted by molar-refractivity contribution is 5.23. The summed E-state index contributed by atoms with van der Waals surface area (Å²) in [5.74, 6) is -0.396. The van der Waals surface area contributed by atoms with Crippen LogP contribution in [0.15, 0.2) is 42.6 Å². The lowest BCUT2D eigenvalue weighted by molar-refractivity contribution is -0.138. The lowest BCUT2D eigenvalue weighted by Gasteiger charge is -2.19. The molecule has 1 aromatic heterocycles. The van der Waals surface area contributed by atoms with Crippen molar-refractivity contribution in [1.82, 2.24) is 10.3 Å². The molecule has 0 aliphatic rings. The second-order valence-electron chi connectivity index (χ2n) is 5.58. The van der Waals surface area contributed by atoms with E-state index in [1.807, 2.05) is 0 Å². The monoisotopic (exact) mass is 342 g/mol. The van der Waals surface area contributed by atoms with Crippen LogP contribution in [0.2, 0.25) is 0 Å². The number of nitrogens with one attached hydrogen (secondary N) is 1. The Morgan fingerprint density at radius 2 is 1.83 bits per heavy atom. The molecule has 0 fully saturated rings. The van der Waals surface area contributed by atoms with E-state index in [-0.39, 0.29) is 24.7 Å². The van der Waals surface area contributed by atoms with Gasteiger partial charge in [-0.2, -0.15) is 13.2 Å². The Hall–Kier alpha value is -1.99. The average molecular weight is 342 g/mol. The lowest BCUT2D eigenvalue weighted by atomic mass is 10.0. The zero-order valence-electron chi connectivity index (χ0n) is 13.0. The summed E-state index contributed by atoms with van der Waals surface area (Å²) in [5.41, 5.74) is -0.309. The summed E-state index contributed by atoms with van der Waals surface area (Å²) in [6, 6.07) is 7.43. The molecule has 0 aliphatic carbocycles. The van der Waals surface area contributed by atoms with Crippen LogP contribution < -0.4 is 5.32 Å². The Kier molecular flexibility index (Phi) is 5.90. The molecule has 1 heterocycles. The minimum absolute atomic E-state index is 0.0625. The third-order valence-corrected chi connectivity index (χ3v) is 3.65. The van der Waals surface area contributed by atoms with Crippen LogP contribution in [-0.4, -0.2) is 16.1 Å². The standard InChI is InChI=1S/C17H18F4N2O/c1-11(9-16(24)12-4-6-13(18)7-5-12)23-10-15-14(17(19,20)21)3-2-8-22-15/h2-8,11,16,23-24H,9-10H2,1H3. The number of pyridine rings is 1. The molecule has 0 amide bonds. The van der Waals surface area contributed by atoms with Gasteiger partial charge >= 0.3 is 6.18 Å². The summed E-state index contributed by atoms with van der Waals surface area (Å²) in [7, 11) is 0. The van der Waals surface area contributed by atoms with E-state index in [1.165, 1.54) is 36.5 Å². The first kappa shape index (κ1) is 18.4. The Balaban J connectivity index is 1.94. The average Bonchev–Trinajstić information content (AvgIpc) is 2.53. The molecule has 24 heavy (non-hydrogen) atoms. The van der Waals surface area contributed by atoms with E-state index in [9.17, 15) is 22.7 Å². The molecule has 3 nitrogen and oxygen atoms in total. The molecule has 2 unspecified atom stereocenters. The number of alkyl halides is 3. The van der Waals surface area contributed by atoms with Crippen molar-refractivity contribution in [2.45, 2.75) is 38.2 Å². The zero-order chi connectivity index (χ0) is 17.7. The molecule has 2 aromatic rings. The molecule has 0 bridgehead atoms. The summed E-state index contributed by atoms with van der Waals surface area (Å²) in [6.07, 6.45) is -3.70. The van der Waals surface area contributed by atoms with Crippen LogP contribution in [0.25, 0.3) is 0 Å². The second-order valence-corrected chi connectivity index (χ2v) is 5.58. The van der Waals surface area contributed by atoms with E-state index in [4.69, 9.17) is 0 Å². The van der Waals surface area contributed by atoms with Gasteiger partial charge in [-0.15, -0.1) is 0 Å². The van der Waals surface area contributed by atoms with Gasteiger partial charge in [-0.05, 0) is 43.2 Å². The van der Waals surface area contributed by atoms with Gasteiger partial charge in [-0.3, -0.25) is 4.98 Å². The van der Waals surface area contributed by atoms with Gasteiger partial charge in [0.05, 0.1) is 17.4 Å². The van der Waals surface area contributed by atoms with Gasteiger partial charge in [-0.25, -0.2) is 4.39 Å². The maximum absolute atomic E-state index is 12.9. The molecule has 0 radical (unpaired) electrons. The van der Waals surface area contributed by atoms with Crippen LogP contribution in [-0.2, 0) is 12.7 Å². The topological polar surface area (TPSA) is 45.1 Å². The SMILES string of the molecule is CC(CC(O)c1ccc(F)cc1)NCc1ncccc1C(F)(F)F. The molecule has 0 spiro atoms. The van der Waals surface area contributed by atoms with Gasteiger partial charge in [0.15, 0.2) is 0 Å². The van der Waals surface area contributed by atoms with E-state index >= 15 is 0 Å². The number of hydrogen-bond donors (Lipinski definition) is 2. The second kappa shape index (κ2) is 7.72. The van der Waals surface area contributed by atoms with Crippen molar-refractivity contribution in [2.75, 3.05) is 0 Å². The van der Waals surface area contributed by atoms with Crippen LogP contribution in [0.1, 0.15) is 36.3 Å². The maximum Gasteiger partial charge on any atom is 0.418 e. The molecule has 0 saturated carbocycles. The highest BCUT2D eigenvalue weighted by Crippen LogP contribution is 2.31. The number of aliphatic hydroxyl groups excluding tert-OH is 1. The van der Waals surface area contributed by atoms with E-state index in [1.54, 1.807) is 6.92 Å². The van der Waals surface area contributed by atoms with Crippen LogP contribution in [0.5, 0.6) is 0 Å². The van der Waals surface area contributed by atoms with E-state index in [0.29, 0.717) is 5.56 Å². The van der Waals surface area contributed by atoms with Gasteiger partial charge < -0.3 is 10.4 Å². The molecule has 7 heteroatoms. The van der Waals surface area contributed by atoms with Crippen molar-refractivity contribution in [3.8, 4) is 0 Å². The van der Waals surface area contributed by atoms with Crippen molar-refractivity contribution in [3.05, 3.63) is 65.2 Å². The highest BCUT2D eigenvalue weighted by Gasteiger charge is 2.33. The third kappa shape index (κ3) is 5.01. The Morgan fingerprint density at radius 1 is 1.17 bits per heavy atom. The smallest absolute Gasteiger partial charge is 0.388 e. The van der Waals surface area contributed by atoms with Gasteiger partial charge in [0.25, 0.3) is 0 Å². The first-order valence-electron chi connectivity index (χ1n) is 7.45. The summed E-state index contributed by atoms with van der Waals surface area (Å²) in [5, 5.41) is 13.0. The van der Waals surface area contributed by atoms with Crippen molar-refractivity contribution < 1.29 is 22.7 Å². The highest BCUT2D eigenvalue weighted by atomic mass is 19.4. The predicted molar refractivity (Wildman–Crippen MR) is 81.5 cm³/mol. The number of hydrogen-bond acceptors (Lipinski definition) is 3. The Morgan fingerprint density at radius 3 is 2.46 bits per heavy atom. The largest absolute Gasteiger partial charge is 0.418 e. The molecule has 2 rings (SSSR count). The van der Waals surface area contributed by atoms with E-state index < -0.39 is 23.7 Å². The van der Waals surface area contributed by atoms with E-state index in [2.05, 4.69) is 10.3 Å². The van der Waals surface area contributed by atoms with Crippen LogP contribution in [0, 0.1) is 5.82 Å². The maximum atomic E-state index is 12.9. The van der Waals surface area contributed by atoms with Gasteiger partial charge in [-0.1, -0.05) is 12.1 Å². The minimum atomic E-state index is -4.46. The fourth-order valence-corrected chi connectivity index (χ4v) is 2.35. The molecule has 1 aromatic carbocycles. The van der Waals surface area contributed by atoms with Gasteiger partial charge in [0.1, 0.15) is 5.82 Å². The molecular weight excluding hydrogens is 324 g/mol. The Bertz CT molecular complexity index is 658. The molecule has 2 N–H and O–H groups in total. The fourth-order valence-electron chi connectivity index (χ4n) is 2.35. The number of aromatic nitrogens is 1. The molecule has 0 aliphatic heterocycles. The molecule has 130 valence electrons. The first-order chi connectivity index (χ1) is 11.3. The minimum Gasteiger partial charge on any atom is -0.388 e. The van der Waals surface area contributed by atoms with Crippen LogP contribution in [0.3, 0.4) is 0 Å². The number of nitrogens with zero attached hydrogens (tertiary/aromatic N) is 1. The quantitative estimate of drug-likeness (QED) is 0.784. The molecule has 0 saturated heterocycles. The van der Waals surface area contributed by atoms with Crippen molar-refractivity contribution in [1.29, 1.82) is 0 Å². The molecule has 2 atom stereocenters. The summed E-state index contributed by atoms with van der Waals surface area (Å²) >= 11 is 0. The van der Waals surface area contributed by atoms with Crippen molar-refractivity contribution in [3.63, 3.8) is 0 Å². The fraction of sp³-hybridized carbons (Fsp3) is 0.353. The van der Waals surface area contributed by atoms with E-state index in [0.717, 1.165) is 6.07 Å². The normalized spacial score (nSPS) is 14.4. The summed E-state index contributed by atoms with van der Waals surface area (Å²) < 4.78 is 51.6. The number of benzene rings is 1. The van der Waals surface area contributed by atoms with Crippen LogP contribution in [0.4, 0.5) is 17.6 Å². The number of halogens is 4. The lowest BCUT2D eigenvalue weighted by Crippen LogP contribution is -2.29. The first-order valence-corrected chi connectivity index (χ1v) is 7.45. The predicted octanol–water partition coefficient (Wildman–Crippen LogP) is 3.84. The van der Waals surface area contributed by atoms with Gasteiger partial charge in [0, 0.05) is 18.8 Å². The number of aliphatic hydroxyl groups is 1. The summed E-state index contributed by atoms with van der Waals surface area (Å²) in [4.78, 5) is 3.78. The summed E-state index contributed by atoms with van der Waals surface area (Å²) in [6.45, 7) is 1.69. The molecular formula is C17H18F4N2O. The zero-order valence-corrected chi connectivity index (χ0v) is 13.0. The van der Waals surface area contributed by atoms with Crippen molar-refractivity contribution >= 4 is 0 Å². The third-order valence-electron chi connectivity index (χ3n) is 3.65. The Labute approximate surface area is 137 Å². The van der Waals surface area contributed by atoms with Gasteiger partial charge in [0.2, 0.25) is 0 Å². The van der Waals surface area contributed by atoms with Crippen LogP contribution >= 0.6 is 0 Å². The van der Waals surface area contributed by atoms with Crippen molar-refractivity contribution in [2.24, 2.45) is 0 Å².